The summed E-state index contributed by atoms with van der Waals surface area (Å²) in [4.78, 5) is 14.0. The van der Waals surface area contributed by atoms with E-state index < -0.39 is 0 Å². The van der Waals surface area contributed by atoms with E-state index in [2.05, 4.69) is 15.5 Å². The second-order valence-electron chi connectivity index (χ2n) is 5.54. The number of hydrogen-bond donors (Lipinski definition) is 1. The van der Waals surface area contributed by atoms with Gasteiger partial charge < -0.3 is 19.1 Å². The summed E-state index contributed by atoms with van der Waals surface area (Å²) in [6.07, 6.45) is 1.57. The predicted molar refractivity (Wildman–Crippen MR) is 96.9 cm³/mol. The Hall–Kier alpha value is -2.74. The molecule has 0 spiro atoms. The highest BCUT2D eigenvalue weighted by atomic mass is 32.2. The number of aryl methyl sites for hydroxylation is 1. The molecule has 0 saturated carbocycles. The lowest BCUT2D eigenvalue weighted by Crippen LogP contribution is -2.14. The number of rotatable bonds is 6. The molecule has 0 radical (unpaired) electrons. The Kier molecular flexibility index (Phi) is 5.08. The van der Waals surface area contributed by atoms with Gasteiger partial charge in [-0.2, -0.15) is 0 Å². The summed E-state index contributed by atoms with van der Waals surface area (Å²) in [6.45, 7) is 1.82. The molecule has 8 heteroatoms. The number of carbonyl (C=O) groups excluding carboxylic acids is 1. The topological polar surface area (TPSA) is 84.4 Å². The van der Waals surface area contributed by atoms with Crippen molar-refractivity contribution in [3.8, 4) is 11.5 Å². The summed E-state index contributed by atoms with van der Waals surface area (Å²) in [5.74, 6) is 1.14. The van der Waals surface area contributed by atoms with Crippen LogP contribution in [0.4, 0.5) is 11.4 Å². The molecule has 0 fully saturated rings. The minimum atomic E-state index is -0.137. The molecule has 0 saturated heterocycles. The molecule has 0 aliphatic carbocycles. The molecule has 3 rings (SSSR count). The summed E-state index contributed by atoms with van der Waals surface area (Å²) < 4.78 is 10.8. The van der Waals surface area contributed by atoms with Crippen LogP contribution in [0, 0.1) is 6.92 Å². The molecule has 0 aliphatic heterocycles. The Morgan fingerprint density at radius 1 is 1.20 bits per heavy atom. The molecule has 2 aromatic heterocycles. The molecule has 2 heterocycles. The SMILES string of the molecule is Cc1occc1-c1nnc(SCC(=O)Nc2ccc(N(C)C)cc2)o1. The fourth-order valence-electron chi connectivity index (χ4n) is 2.15. The van der Waals surface area contributed by atoms with Gasteiger partial charge in [0.15, 0.2) is 0 Å². The molecular weight excluding hydrogens is 340 g/mol. The van der Waals surface area contributed by atoms with Gasteiger partial charge in [-0.3, -0.25) is 4.79 Å². The normalized spacial score (nSPS) is 10.7. The second kappa shape index (κ2) is 7.43. The van der Waals surface area contributed by atoms with Crippen molar-refractivity contribution >= 4 is 29.0 Å². The van der Waals surface area contributed by atoms with Crippen molar-refractivity contribution in [1.29, 1.82) is 0 Å². The highest BCUT2D eigenvalue weighted by Gasteiger charge is 2.14. The molecule has 3 aromatic rings. The molecule has 0 aliphatic rings. The molecule has 1 amide bonds. The van der Waals surface area contributed by atoms with Gasteiger partial charge in [-0.15, -0.1) is 10.2 Å². The lowest BCUT2D eigenvalue weighted by molar-refractivity contribution is -0.113. The van der Waals surface area contributed by atoms with E-state index in [9.17, 15) is 4.79 Å². The van der Waals surface area contributed by atoms with Crippen LogP contribution in [0.1, 0.15) is 5.76 Å². The van der Waals surface area contributed by atoms with Crippen molar-refractivity contribution in [2.75, 3.05) is 30.1 Å². The number of nitrogens with zero attached hydrogens (tertiary/aromatic N) is 3. The Morgan fingerprint density at radius 2 is 1.96 bits per heavy atom. The van der Waals surface area contributed by atoms with Crippen LogP contribution in [-0.4, -0.2) is 36.0 Å². The van der Waals surface area contributed by atoms with Gasteiger partial charge in [-0.1, -0.05) is 11.8 Å². The van der Waals surface area contributed by atoms with Gasteiger partial charge in [0, 0.05) is 25.5 Å². The van der Waals surface area contributed by atoms with Crippen LogP contribution in [0.25, 0.3) is 11.5 Å². The van der Waals surface area contributed by atoms with Crippen molar-refractivity contribution in [1.82, 2.24) is 10.2 Å². The number of amides is 1. The van der Waals surface area contributed by atoms with Crippen LogP contribution in [0.5, 0.6) is 0 Å². The summed E-state index contributed by atoms with van der Waals surface area (Å²) in [5, 5.41) is 11.1. The molecule has 7 nitrogen and oxygen atoms in total. The third-order valence-corrected chi connectivity index (χ3v) is 4.31. The van der Waals surface area contributed by atoms with Gasteiger partial charge in [0.05, 0.1) is 17.6 Å². The Labute approximate surface area is 149 Å². The first-order valence-corrected chi connectivity index (χ1v) is 8.59. The van der Waals surface area contributed by atoms with Gasteiger partial charge >= 0.3 is 0 Å². The predicted octanol–water partition coefficient (Wildman–Crippen LogP) is 3.43. The lowest BCUT2D eigenvalue weighted by Gasteiger charge is -2.12. The van der Waals surface area contributed by atoms with Crippen molar-refractivity contribution in [2.45, 2.75) is 12.1 Å². The monoisotopic (exact) mass is 358 g/mol. The molecule has 1 aromatic carbocycles. The van der Waals surface area contributed by atoms with E-state index in [1.165, 1.54) is 11.8 Å². The van der Waals surface area contributed by atoms with Crippen molar-refractivity contribution in [3.05, 3.63) is 42.4 Å². The zero-order chi connectivity index (χ0) is 17.8. The maximum Gasteiger partial charge on any atom is 0.277 e. The van der Waals surface area contributed by atoms with Crippen LogP contribution < -0.4 is 10.2 Å². The largest absolute Gasteiger partial charge is 0.469 e. The molecule has 0 bridgehead atoms. The molecular formula is C17H18N4O3S. The first-order chi connectivity index (χ1) is 12.0. The van der Waals surface area contributed by atoms with Crippen molar-refractivity contribution in [2.24, 2.45) is 0 Å². The minimum absolute atomic E-state index is 0.137. The van der Waals surface area contributed by atoms with E-state index in [4.69, 9.17) is 8.83 Å². The maximum atomic E-state index is 12.0. The van der Waals surface area contributed by atoms with Crippen LogP contribution in [0.2, 0.25) is 0 Å². The quantitative estimate of drug-likeness (QED) is 0.676. The third-order valence-electron chi connectivity index (χ3n) is 3.49. The van der Waals surface area contributed by atoms with Crippen molar-refractivity contribution < 1.29 is 13.6 Å². The third kappa shape index (κ3) is 4.21. The number of benzene rings is 1. The average molecular weight is 358 g/mol. The van der Waals surface area contributed by atoms with E-state index in [1.807, 2.05) is 50.2 Å². The van der Waals surface area contributed by atoms with Gasteiger partial charge in [-0.05, 0) is 37.3 Å². The van der Waals surface area contributed by atoms with Gasteiger partial charge in [0.1, 0.15) is 5.76 Å². The molecule has 25 heavy (non-hydrogen) atoms. The van der Waals surface area contributed by atoms with Crippen LogP contribution in [-0.2, 0) is 4.79 Å². The smallest absolute Gasteiger partial charge is 0.277 e. The minimum Gasteiger partial charge on any atom is -0.469 e. The standard InChI is InChI=1S/C17H18N4O3S/c1-11-14(8-9-23-11)16-19-20-17(24-16)25-10-15(22)18-12-4-6-13(7-5-12)21(2)3/h4-9H,10H2,1-3H3,(H,18,22). The number of furan rings is 1. The first kappa shape index (κ1) is 17.1. The van der Waals surface area contributed by atoms with E-state index in [1.54, 1.807) is 12.3 Å². The fraction of sp³-hybridized carbons (Fsp3) is 0.235. The van der Waals surface area contributed by atoms with Gasteiger partial charge in [-0.25, -0.2) is 0 Å². The first-order valence-electron chi connectivity index (χ1n) is 7.61. The number of anilines is 2. The van der Waals surface area contributed by atoms with Crippen molar-refractivity contribution in [3.63, 3.8) is 0 Å². The molecule has 1 N–H and O–H groups in total. The van der Waals surface area contributed by atoms with Gasteiger partial charge in [0.25, 0.3) is 11.1 Å². The molecule has 130 valence electrons. The average Bonchev–Trinajstić information content (AvgIpc) is 3.22. The Balaban J connectivity index is 1.54. The molecule has 0 unspecified atom stereocenters. The highest BCUT2D eigenvalue weighted by Crippen LogP contribution is 2.26. The lowest BCUT2D eigenvalue weighted by atomic mass is 10.2. The van der Waals surface area contributed by atoms with Crippen LogP contribution >= 0.6 is 11.8 Å². The van der Waals surface area contributed by atoms with E-state index in [0.717, 1.165) is 16.9 Å². The van der Waals surface area contributed by atoms with Crippen LogP contribution in [0.15, 0.2) is 50.7 Å². The number of hydrogen-bond acceptors (Lipinski definition) is 7. The Morgan fingerprint density at radius 3 is 2.60 bits per heavy atom. The zero-order valence-electron chi connectivity index (χ0n) is 14.1. The number of thioether (sulfide) groups is 1. The number of carbonyl (C=O) groups is 1. The Bertz CT molecular complexity index is 855. The van der Waals surface area contributed by atoms with E-state index in [-0.39, 0.29) is 11.7 Å². The van der Waals surface area contributed by atoms with Crippen LogP contribution in [0.3, 0.4) is 0 Å². The summed E-state index contributed by atoms with van der Waals surface area (Å²) in [5.41, 5.74) is 2.57. The van der Waals surface area contributed by atoms with Gasteiger partial charge in [0.2, 0.25) is 5.91 Å². The highest BCUT2D eigenvalue weighted by molar-refractivity contribution is 7.99. The zero-order valence-corrected chi connectivity index (χ0v) is 15.0. The number of nitrogens with one attached hydrogen (secondary N) is 1. The van der Waals surface area contributed by atoms with E-state index >= 15 is 0 Å². The fourth-order valence-corrected chi connectivity index (χ4v) is 2.71. The summed E-state index contributed by atoms with van der Waals surface area (Å²) >= 11 is 1.19. The summed E-state index contributed by atoms with van der Waals surface area (Å²) in [6, 6.07) is 9.39. The molecule has 0 atom stereocenters. The maximum absolute atomic E-state index is 12.0. The number of aromatic nitrogens is 2. The second-order valence-corrected chi connectivity index (χ2v) is 6.47. The van der Waals surface area contributed by atoms with E-state index in [0.29, 0.717) is 16.9 Å². The summed E-state index contributed by atoms with van der Waals surface area (Å²) in [7, 11) is 3.93.